The first-order valence-corrected chi connectivity index (χ1v) is 9.81. The first kappa shape index (κ1) is 19.2. The van der Waals surface area contributed by atoms with Crippen molar-refractivity contribution in [1.29, 1.82) is 0 Å². The molecule has 6 heteroatoms. The highest BCUT2D eigenvalue weighted by Gasteiger charge is 2.43. The summed E-state index contributed by atoms with van der Waals surface area (Å²) in [5.41, 5.74) is 1.79. The van der Waals surface area contributed by atoms with Crippen molar-refractivity contribution in [2.75, 3.05) is 0 Å². The van der Waals surface area contributed by atoms with Crippen LogP contribution in [0.4, 0.5) is 8.78 Å². The lowest BCUT2D eigenvalue weighted by Crippen LogP contribution is -2.29. The molecule has 4 aromatic rings. The van der Waals surface area contributed by atoms with Crippen molar-refractivity contribution in [2.45, 2.75) is 19.5 Å². The van der Waals surface area contributed by atoms with E-state index >= 15 is 0 Å². The Morgan fingerprint density at radius 1 is 0.968 bits per heavy atom. The molecule has 31 heavy (non-hydrogen) atoms. The summed E-state index contributed by atoms with van der Waals surface area (Å²) in [7, 11) is 0. The number of carbonyl (C=O) groups excluding carboxylic acids is 1. The molecule has 0 N–H and O–H groups in total. The van der Waals surface area contributed by atoms with Crippen molar-refractivity contribution in [2.24, 2.45) is 0 Å². The van der Waals surface area contributed by atoms with Gasteiger partial charge in [-0.1, -0.05) is 42.0 Å². The molecule has 1 aliphatic heterocycles. The van der Waals surface area contributed by atoms with E-state index in [1.54, 1.807) is 48.5 Å². The smallest absolute Gasteiger partial charge is 0.291 e. The highest BCUT2D eigenvalue weighted by molar-refractivity contribution is 5.99. The SMILES string of the molecule is Cc1ccc2oc3c(c(=O)c2c1)C(c1ccccc1F)N(Cc1ccc(F)cc1)C3=O. The zero-order valence-corrected chi connectivity index (χ0v) is 16.6. The molecule has 1 amide bonds. The summed E-state index contributed by atoms with van der Waals surface area (Å²) in [5, 5.41) is 0.344. The number of aryl methyl sites for hydroxylation is 1. The van der Waals surface area contributed by atoms with Gasteiger partial charge in [-0.3, -0.25) is 9.59 Å². The van der Waals surface area contributed by atoms with Crippen LogP contribution in [0.15, 0.2) is 75.9 Å². The van der Waals surface area contributed by atoms with Crippen molar-refractivity contribution in [3.05, 3.63) is 117 Å². The van der Waals surface area contributed by atoms with Gasteiger partial charge in [-0.05, 0) is 42.8 Å². The van der Waals surface area contributed by atoms with Crippen LogP contribution < -0.4 is 5.43 Å². The molecule has 1 aromatic heterocycles. The minimum Gasteiger partial charge on any atom is -0.450 e. The summed E-state index contributed by atoms with van der Waals surface area (Å²) in [6, 6.07) is 15.9. The summed E-state index contributed by atoms with van der Waals surface area (Å²) >= 11 is 0. The lowest BCUT2D eigenvalue weighted by molar-refractivity contribution is 0.0712. The number of benzene rings is 3. The molecular formula is C25H17F2NO3. The van der Waals surface area contributed by atoms with Crippen LogP contribution in [0.25, 0.3) is 11.0 Å². The standard InChI is InChI=1S/C25H17F2NO3/c1-14-6-11-20-18(12-14)23(29)21-22(17-4-2-3-5-19(17)27)28(25(30)24(21)31-20)13-15-7-9-16(26)10-8-15/h2-12,22H,13H2,1H3. The summed E-state index contributed by atoms with van der Waals surface area (Å²) in [6.07, 6.45) is 0. The third-order valence-corrected chi connectivity index (χ3v) is 5.59. The van der Waals surface area contributed by atoms with E-state index in [0.29, 0.717) is 16.5 Å². The maximum atomic E-state index is 14.8. The number of amides is 1. The zero-order chi connectivity index (χ0) is 21.7. The van der Waals surface area contributed by atoms with Gasteiger partial charge in [0.25, 0.3) is 5.91 Å². The van der Waals surface area contributed by atoms with Gasteiger partial charge in [0.1, 0.15) is 17.2 Å². The van der Waals surface area contributed by atoms with E-state index in [0.717, 1.165) is 5.56 Å². The Morgan fingerprint density at radius 2 is 1.71 bits per heavy atom. The third kappa shape index (κ3) is 3.11. The quantitative estimate of drug-likeness (QED) is 0.465. The number of rotatable bonds is 3. The first-order valence-electron chi connectivity index (χ1n) is 9.81. The molecule has 0 bridgehead atoms. The molecule has 1 atom stereocenters. The molecule has 5 rings (SSSR count). The van der Waals surface area contributed by atoms with Gasteiger partial charge in [0.2, 0.25) is 5.76 Å². The maximum absolute atomic E-state index is 14.8. The maximum Gasteiger partial charge on any atom is 0.291 e. The zero-order valence-electron chi connectivity index (χ0n) is 16.6. The third-order valence-electron chi connectivity index (χ3n) is 5.59. The fourth-order valence-electron chi connectivity index (χ4n) is 4.10. The van der Waals surface area contributed by atoms with E-state index in [1.807, 2.05) is 6.92 Å². The van der Waals surface area contributed by atoms with Crippen molar-refractivity contribution in [1.82, 2.24) is 4.90 Å². The predicted octanol–water partition coefficient (Wildman–Crippen LogP) is 5.13. The lowest BCUT2D eigenvalue weighted by atomic mass is 9.97. The molecular weight excluding hydrogens is 400 g/mol. The van der Waals surface area contributed by atoms with Gasteiger partial charge in [-0.2, -0.15) is 0 Å². The Balaban J connectivity index is 1.74. The van der Waals surface area contributed by atoms with E-state index in [-0.39, 0.29) is 28.9 Å². The second-order valence-corrected chi connectivity index (χ2v) is 7.66. The molecule has 0 aliphatic carbocycles. The van der Waals surface area contributed by atoms with Crippen LogP contribution in [0, 0.1) is 18.6 Å². The second-order valence-electron chi connectivity index (χ2n) is 7.66. The number of hydrogen-bond acceptors (Lipinski definition) is 3. The van der Waals surface area contributed by atoms with Crippen LogP contribution >= 0.6 is 0 Å². The van der Waals surface area contributed by atoms with Gasteiger partial charge in [-0.15, -0.1) is 0 Å². The van der Waals surface area contributed by atoms with Crippen LogP contribution in [-0.4, -0.2) is 10.8 Å². The Hall–Kier alpha value is -3.80. The normalized spacial score (nSPS) is 15.5. The van der Waals surface area contributed by atoms with Gasteiger partial charge in [0, 0.05) is 12.1 Å². The average molecular weight is 417 g/mol. The van der Waals surface area contributed by atoms with E-state index in [9.17, 15) is 18.4 Å². The Bertz CT molecular complexity index is 1390. The molecule has 154 valence electrons. The minimum absolute atomic E-state index is 0.0666. The van der Waals surface area contributed by atoms with E-state index in [2.05, 4.69) is 0 Å². The average Bonchev–Trinajstić information content (AvgIpc) is 3.03. The Morgan fingerprint density at radius 3 is 2.45 bits per heavy atom. The monoisotopic (exact) mass is 417 g/mol. The molecule has 4 nitrogen and oxygen atoms in total. The van der Waals surface area contributed by atoms with Crippen molar-refractivity contribution < 1.29 is 18.0 Å². The number of nitrogens with zero attached hydrogens (tertiary/aromatic N) is 1. The lowest BCUT2D eigenvalue weighted by Gasteiger charge is -2.25. The van der Waals surface area contributed by atoms with Crippen molar-refractivity contribution in [3.63, 3.8) is 0 Å². The predicted molar refractivity (Wildman–Crippen MR) is 112 cm³/mol. The van der Waals surface area contributed by atoms with Crippen LogP contribution in [0.3, 0.4) is 0 Å². The number of carbonyl (C=O) groups is 1. The first-order chi connectivity index (χ1) is 14.9. The van der Waals surface area contributed by atoms with Gasteiger partial charge in [0.05, 0.1) is 17.0 Å². The van der Waals surface area contributed by atoms with Crippen LogP contribution in [0.5, 0.6) is 0 Å². The second kappa shape index (κ2) is 7.16. The summed E-state index contributed by atoms with van der Waals surface area (Å²) in [5.74, 6) is -1.52. The van der Waals surface area contributed by atoms with E-state index in [4.69, 9.17) is 4.42 Å². The topological polar surface area (TPSA) is 50.5 Å². The van der Waals surface area contributed by atoms with E-state index < -0.39 is 23.6 Å². The van der Waals surface area contributed by atoms with Gasteiger partial charge < -0.3 is 9.32 Å². The summed E-state index contributed by atoms with van der Waals surface area (Å²) in [6.45, 7) is 1.92. The molecule has 3 aromatic carbocycles. The molecule has 1 unspecified atom stereocenters. The fourth-order valence-corrected chi connectivity index (χ4v) is 4.10. The van der Waals surface area contributed by atoms with Crippen molar-refractivity contribution >= 4 is 16.9 Å². The summed E-state index contributed by atoms with van der Waals surface area (Å²) in [4.78, 5) is 28.2. The Kier molecular flexibility index (Phi) is 4.43. The molecule has 0 radical (unpaired) electrons. The number of hydrogen-bond donors (Lipinski definition) is 0. The van der Waals surface area contributed by atoms with E-state index in [1.165, 1.54) is 23.1 Å². The Labute approximate surface area is 176 Å². The molecule has 0 spiro atoms. The van der Waals surface area contributed by atoms with Crippen LogP contribution in [0.2, 0.25) is 0 Å². The fraction of sp³-hybridized carbons (Fsp3) is 0.120. The molecule has 0 saturated carbocycles. The highest BCUT2D eigenvalue weighted by Crippen LogP contribution is 2.40. The largest absolute Gasteiger partial charge is 0.450 e. The summed E-state index contributed by atoms with van der Waals surface area (Å²) < 4.78 is 34.0. The highest BCUT2D eigenvalue weighted by atomic mass is 19.1. The minimum atomic E-state index is -0.949. The molecule has 1 aliphatic rings. The van der Waals surface area contributed by atoms with Crippen molar-refractivity contribution in [3.8, 4) is 0 Å². The molecule has 2 heterocycles. The number of halogens is 2. The van der Waals surface area contributed by atoms with Gasteiger partial charge >= 0.3 is 0 Å². The van der Waals surface area contributed by atoms with Crippen LogP contribution in [0.1, 0.15) is 38.9 Å². The van der Waals surface area contributed by atoms with Gasteiger partial charge in [-0.25, -0.2) is 8.78 Å². The molecule has 0 fully saturated rings. The number of fused-ring (bicyclic) bond motifs is 2. The van der Waals surface area contributed by atoms with Gasteiger partial charge in [0.15, 0.2) is 5.43 Å². The molecule has 0 saturated heterocycles. The van der Waals surface area contributed by atoms with Crippen LogP contribution in [-0.2, 0) is 6.54 Å².